The van der Waals surface area contributed by atoms with E-state index < -0.39 is 0 Å². The Labute approximate surface area is 99.2 Å². The summed E-state index contributed by atoms with van der Waals surface area (Å²) in [4.78, 5) is 25.6. The average Bonchev–Trinajstić information content (AvgIpc) is 2.92. The zero-order valence-electron chi connectivity index (χ0n) is 9.75. The summed E-state index contributed by atoms with van der Waals surface area (Å²) in [7, 11) is 0. The van der Waals surface area contributed by atoms with E-state index in [4.69, 9.17) is 5.11 Å². The van der Waals surface area contributed by atoms with Crippen LogP contribution in [-0.2, 0) is 0 Å². The number of hydrogen-bond acceptors (Lipinski definition) is 3. The minimum Gasteiger partial charge on any atom is -0.396 e. The van der Waals surface area contributed by atoms with Gasteiger partial charge in [0.2, 0.25) is 0 Å². The summed E-state index contributed by atoms with van der Waals surface area (Å²) in [6.45, 7) is 2.04. The molecule has 0 radical (unpaired) electrons. The Morgan fingerprint density at radius 1 is 1.53 bits per heavy atom. The summed E-state index contributed by atoms with van der Waals surface area (Å²) in [5, 5.41) is 11.9. The van der Waals surface area contributed by atoms with E-state index in [-0.39, 0.29) is 23.7 Å². The first-order valence-corrected chi connectivity index (χ1v) is 5.65. The summed E-state index contributed by atoms with van der Waals surface area (Å²) >= 11 is 0. The Bertz CT molecular complexity index is 446. The summed E-state index contributed by atoms with van der Waals surface area (Å²) in [5.41, 5.74) is 0.772. The second-order valence-electron chi connectivity index (χ2n) is 4.70. The monoisotopic (exact) mass is 236 g/mol. The Morgan fingerprint density at radius 2 is 2.24 bits per heavy atom. The molecule has 1 aliphatic rings. The molecule has 0 unspecified atom stereocenters. The van der Waals surface area contributed by atoms with Crippen molar-refractivity contribution < 1.29 is 14.7 Å². The molecule has 1 amide bonds. The van der Waals surface area contributed by atoms with Crippen molar-refractivity contribution >= 4 is 11.7 Å². The number of aromatic amines is 1. The minimum atomic E-state index is -0.239. The van der Waals surface area contributed by atoms with Crippen molar-refractivity contribution in [1.82, 2.24) is 10.3 Å². The van der Waals surface area contributed by atoms with Gasteiger partial charge in [0.25, 0.3) is 5.91 Å². The number of H-pyrrole nitrogens is 1. The number of ketones is 1. The molecule has 0 saturated heterocycles. The van der Waals surface area contributed by atoms with E-state index in [0.29, 0.717) is 17.8 Å². The molecule has 1 aliphatic carbocycles. The van der Waals surface area contributed by atoms with Crippen LogP contribution in [-0.4, -0.2) is 34.9 Å². The Morgan fingerprint density at radius 3 is 2.71 bits per heavy atom. The van der Waals surface area contributed by atoms with Gasteiger partial charge >= 0.3 is 0 Å². The van der Waals surface area contributed by atoms with Gasteiger partial charge in [-0.15, -0.1) is 0 Å². The predicted octanol–water partition coefficient (Wildman–Crippen LogP) is 0.720. The van der Waals surface area contributed by atoms with Crippen molar-refractivity contribution in [3.05, 3.63) is 23.5 Å². The van der Waals surface area contributed by atoms with E-state index in [1.54, 1.807) is 0 Å². The predicted molar refractivity (Wildman–Crippen MR) is 61.9 cm³/mol. The van der Waals surface area contributed by atoms with Gasteiger partial charge in [-0.2, -0.15) is 0 Å². The van der Waals surface area contributed by atoms with Gasteiger partial charge in [0.1, 0.15) is 5.69 Å². The van der Waals surface area contributed by atoms with E-state index in [9.17, 15) is 9.59 Å². The van der Waals surface area contributed by atoms with Crippen LogP contribution in [0.5, 0.6) is 0 Å². The molecule has 0 aliphatic heterocycles. The first-order chi connectivity index (χ1) is 8.06. The fourth-order valence-electron chi connectivity index (χ4n) is 1.66. The zero-order valence-corrected chi connectivity index (χ0v) is 9.75. The number of aromatic nitrogens is 1. The highest BCUT2D eigenvalue weighted by Gasteiger charge is 2.42. The highest BCUT2D eigenvalue weighted by molar-refractivity contribution is 5.99. The summed E-state index contributed by atoms with van der Waals surface area (Å²) in [5.74, 6) is -0.313. The maximum Gasteiger partial charge on any atom is 0.267 e. The van der Waals surface area contributed by atoms with Crippen LogP contribution in [0.4, 0.5) is 0 Å². The molecular formula is C12H16N2O3. The van der Waals surface area contributed by atoms with Crippen molar-refractivity contribution in [2.45, 2.75) is 19.8 Å². The second-order valence-corrected chi connectivity index (χ2v) is 4.70. The van der Waals surface area contributed by atoms with Gasteiger partial charge in [0.05, 0.1) is 6.61 Å². The molecule has 2 rings (SSSR count). The molecule has 5 nitrogen and oxygen atoms in total. The minimum absolute atomic E-state index is 0.0747. The highest BCUT2D eigenvalue weighted by atomic mass is 16.3. The third-order valence-corrected chi connectivity index (χ3v) is 3.25. The number of Topliss-reactive ketones (excluding diaryl/α,β-unsaturated/α-hetero) is 1. The van der Waals surface area contributed by atoms with Crippen LogP contribution in [0.15, 0.2) is 12.3 Å². The van der Waals surface area contributed by atoms with Crippen molar-refractivity contribution in [3.8, 4) is 0 Å². The van der Waals surface area contributed by atoms with Gasteiger partial charge in [-0.3, -0.25) is 9.59 Å². The van der Waals surface area contributed by atoms with Crippen LogP contribution in [0.25, 0.3) is 0 Å². The number of rotatable bonds is 5. The lowest BCUT2D eigenvalue weighted by Crippen LogP contribution is -2.32. The van der Waals surface area contributed by atoms with E-state index in [1.807, 2.05) is 0 Å². The Balaban J connectivity index is 1.93. The molecule has 0 atom stereocenters. The maximum absolute atomic E-state index is 11.7. The summed E-state index contributed by atoms with van der Waals surface area (Å²) < 4.78 is 0. The quantitative estimate of drug-likeness (QED) is 0.659. The SMILES string of the molecule is CC(=O)c1c[nH]c(C(=O)NCC2(CO)CC2)c1. The Hall–Kier alpha value is -1.62. The molecule has 0 spiro atoms. The average molecular weight is 236 g/mol. The van der Waals surface area contributed by atoms with Gasteiger partial charge in [-0.05, 0) is 25.8 Å². The Kier molecular flexibility index (Phi) is 3.02. The smallest absolute Gasteiger partial charge is 0.267 e. The topological polar surface area (TPSA) is 82.2 Å². The van der Waals surface area contributed by atoms with Crippen molar-refractivity contribution in [2.24, 2.45) is 5.41 Å². The molecule has 5 heteroatoms. The third kappa shape index (κ3) is 2.55. The lowest BCUT2D eigenvalue weighted by Gasteiger charge is -2.11. The zero-order chi connectivity index (χ0) is 12.5. The number of nitrogens with one attached hydrogen (secondary N) is 2. The van der Waals surface area contributed by atoms with E-state index >= 15 is 0 Å². The molecule has 0 bridgehead atoms. The van der Waals surface area contributed by atoms with Crippen LogP contribution in [0.3, 0.4) is 0 Å². The number of amides is 1. The third-order valence-electron chi connectivity index (χ3n) is 3.25. The fraction of sp³-hybridized carbons (Fsp3) is 0.500. The molecule has 92 valence electrons. The van der Waals surface area contributed by atoms with E-state index in [0.717, 1.165) is 12.8 Å². The van der Waals surface area contributed by atoms with Gasteiger partial charge in [-0.1, -0.05) is 0 Å². The lowest BCUT2D eigenvalue weighted by atomic mass is 10.1. The van der Waals surface area contributed by atoms with Gasteiger partial charge < -0.3 is 15.4 Å². The normalized spacial score (nSPS) is 16.6. The summed E-state index contributed by atoms with van der Waals surface area (Å²) in [6.07, 6.45) is 3.43. The molecule has 0 aromatic carbocycles. The van der Waals surface area contributed by atoms with Crippen LogP contribution in [0, 0.1) is 5.41 Å². The fourth-order valence-corrected chi connectivity index (χ4v) is 1.66. The van der Waals surface area contributed by atoms with E-state index in [2.05, 4.69) is 10.3 Å². The molecule has 1 heterocycles. The van der Waals surface area contributed by atoms with Gasteiger partial charge in [0.15, 0.2) is 5.78 Å². The van der Waals surface area contributed by atoms with Crippen molar-refractivity contribution in [2.75, 3.05) is 13.2 Å². The summed E-state index contributed by atoms with van der Waals surface area (Å²) in [6, 6.07) is 1.54. The van der Waals surface area contributed by atoms with Crippen LogP contribution in [0.1, 0.15) is 40.6 Å². The van der Waals surface area contributed by atoms with Gasteiger partial charge in [0, 0.05) is 23.7 Å². The standard InChI is InChI=1S/C12H16N2O3/c1-8(16)9-4-10(13-5-9)11(17)14-6-12(7-15)2-3-12/h4-5,13,15H,2-3,6-7H2,1H3,(H,14,17). The molecule has 1 aromatic rings. The largest absolute Gasteiger partial charge is 0.396 e. The second kappa shape index (κ2) is 4.33. The molecule has 1 aromatic heterocycles. The molecular weight excluding hydrogens is 220 g/mol. The number of hydrogen-bond donors (Lipinski definition) is 3. The highest BCUT2D eigenvalue weighted by Crippen LogP contribution is 2.44. The van der Waals surface area contributed by atoms with Crippen molar-refractivity contribution in [3.63, 3.8) is 0 Å². The molecule has 1 fully saturated rings. The molecule has 17 heavy (non-hydrogen) atoms. The molecule has 3 N–H and O–H groups in total. The first kappa shape index (κ1) is 11.9. The van der Waals surface area contributed by atoms with Crippen LogP contribution >= 0.6 is 0 Å². The number of aliphatic hydroxyl groups excluding tert-OH is 1. The first-order valence-electron chi connectivity index (χ1n) is 5.65. The van der Waals surface area contributed by atoms with Crippen LogP contribution < -0.4 is 5.32 Å². The number of aliphatic hydroxyl groups is 1. The lowest BCUT2D eigenvalue weighted by molar-refractivity contribution is 0.0930. The maximum atomic E-state index is 11.7. The van der Waals surface area contributed by atoms with Crippen molar-refractivity contribution in [1.29, 1.82) is 0 Å². The van der Waals surface area contributed by atoms with Crippen LogP contribution in [0.2, 0.25) is 0 Å². The number of carbonyl (C=O) groups excluding carboxylic acids is 2. The van der Waals surface area contributed by atoms with E-state index in [1.165, 1.54) is 19.2 Å². The van der Waals surface area contributed by atoms with Gasteiger partial charge in [-0.25, -0.2) is 0 Å². The number of carbonyl (C=O) groups is 2. The molecule has 1 saturated carbocycles.